The molecule has 8 aliphatic heterocycles. The van der Waals surface area contributed by atoms with Crippen LogP contribution in [0.25, 0.3) is 22.3 Å². The van der Waals surface area contributed by atoms with Crippen molar-refractivity contribution in [3.8, 4) is 46.0 Å². The number of likely N-dealkylation sites (tertiary alicyclic amines) is 1. The van der Waals surface area contributed by atoms with Crippen molar-refractivity contribution in [3.05, 3.63) is 260 Å². The van der Waals surface area contributed by atoms with E-state index in [4.69, 9.17) is 42.6 Å². The van der Waals surface area contributed by atoms with Crippen molar-refractivity contribution in [2.75, 3.05) is 172 Å². The van der Waals surface area contributed by atoms with Crippen molar-refractivity contribution in [1.82, 2.24) is 29.4 Å². The number of ether oxygens (including phenoxy) is 9. The quantitative estimate of drug-likeness (QED) is 0.0595. The number of nitrogens with zero attached hydrogens (tertiary/aromatic N) is 6. The van der Waals surface area contributed by atoms with E-state index in [-0.39, 0.29) is 48.3 Å². The summed E-state index contributed by atoms with van der Waals surface area (Å²) >= 11 is 0. The maximum absolute atomic E-state index is 13.6. The van der Waals surface area contributed by atoms with Gasteiger partial charge in [0.25, 0.3) is 11.8 Å². The van der Waals surface area contributed by atoms with E-state index in [2.05, 4.69) is 45.8 Å². The van der Waals surface area contributed by atoms with E-state index >= 15 is 0 Å². The number of halogens is 4. The Kier molecular flexibility index (Phi) is 25.5. The van der Waals surface area contributed by atoms with Gasteiger partial charge in [-0.1, -0.05) is 48.5 Å². The number of likely N-dealkylation sites (N-methyl/N-ethyl adjacent to an activating group) is 2. The molecule has 21 heteroatoms. The molecule has 0 radical (unpaired) electrons. The van der Waals surface area contributed by atoms with Crippen LogP contribution in [0.1, 0.15) is 109 Å². The molecule has 119 heavy (non-hydrogen) atoms. The van der Waals surface area contributed by atoms with E-state index in [1.807, 2.05) is 94.7 Å². The van der Waals surface area contributed by atoms with Crippen molar-refractivity contribution in [2.24, 2.45) is 23.7 Å². The van der Waals surface area contributed by atoms with Crippen LogP contribution in [-0.2, 0) is 14.3 Å². The number of carbonyl (C=O) groups excluding carboxylic acids is 2. The minimum atomic E-state index is -0.301. The average molecular weight is 1620 g/mol. The molecule has 622 valence electrons. The number of benzene rings is 8. The summed E-state index contributed by atoms with van der Waals surface area (Å²) in [7, 11) is 4.23. The fourth-order valence-corrected chi connectivity index (χ4v) is 16.3. The molecule has 4 aliphatic carbocycles. The summed E-state index contributed by atoms with van der Waals surface area (Å²) in [6.07, 6.45) is 12.0. The molecule has 0 spiro atoms. The average Bonchev–Trinajstić information content (AvgIpc) is 1.49. The Morgan fingerprint density at radius 2 is 0.622 bits per heavy atom. The Labute approximate surface area is 695 Å². The highest BCUT2D eigenvalue weighted by Gasteiger charge is 2.36. The topological polar surface area (TPSA) is 137 Å². The van der Waals surface area contributed by atoms with E-state index in [1.165, 1.54) is 98.9 Å². The number of carbonyl (C=O) groups is 2. The molecule has 0 bridgehead atoms. The van der Waals surface area contributed by atoms with Gasteiger partial charge in [0.1, 0.15) is 95.7 Å². The van der Waals surface area contributed by atoms with Crippen LogP contribution < -0.4 is 37.9 Å². The van der Waals surface area contributed by atoms with Gasteiger partial charge in [-0.3, -0.25) is 19.4 Å². The number of hydrogen-bond acceptors (Lipinski definition) is 15. The van der Waals surface area contributed by atoms with Gasteiger partial charge in [0.2, 0.25) is 0 Å². The maximum Gasteiger partial charge on any atom is 0.253 e. The number of fused-ring (bicyclic) bond motifs is 4. The van der Waals surface area contributed by atoms with Gasteiger partial charge in [-0.05, 0) is 268 Å². The van der Waals surface area contributed by atoms with Crippen molar-refractivity contribution in [1.29, 1.82) is 0 Å². The lowest BCUT2D eigenvalue weighted by Gasteiger charge is -2.34. The number of piperazine rings is 2. The summed E-state index contributed by atoms with van der Waals surface area (Å²) < 4.78 is 108. The van der Waals surface area contributed by atoms with Crippen LogP contribution in [0.5, 0.6) is 46.0 Å². The lowest BCUT2D eigenvalue weighted by molar-refractivity contribution is -0.129. The first-order valence-corrected chi connectivity index (χ1v) is 42.7. The summed E-state index contributed by atoms with van der Waals surface area (Å²) in [6, 6.07) is 49.9. The van der Waals surface area contributed by atoms with Crippen molar-refractivity contribution in [3.63, 3.8) is 0 Å². The molecule has 20 rings (SSSR count). The number of morpholine rings is 1. The predicted molar refractivity (Wildman–Crippen MR) is 451 cm³/mol. The maximum atomic E-state index is 13.6. The highest BCUT2D eigenvalue weighted by atomic mass is 19.1. The molecular formula is C98H106F4N6O11. The molecule has 0 atom stereocenters. The van der Waals surface area contributed by atoms with Gasteiger partial charge in [0, 0.05) is 125 Å². The first-order chi connectivity index (χ1) is 58.2. The molecule has 8 aromatic rings. The standard InChI is InChI=1S/C25H27FN2O3.C25H29FN2O2.C24H26FNO3.C24H24FNO3/c1-27-10-12-28(13-11-27)25(29)22-16-31-23-9-8-20(30-15-17-2-3-17)14-21(23)24(22)18-4-6-19(26)7-5-18;1-27-10-12-28(13-11-27)15-20-17-30-24-9-8-22(29-16-18-2-3-18)14-23(24)25(20)19-4-6-21(26)7-5-19;25-20-5-3-18(4-6-20)24-19(14-26-9-11-27-12-10-26)16-29-23-8-7-21(13-22(23)24)28-15-17-1-2-17;25-18-7-5-17(6-8-18)23-20-13-19(28-14-16-3-4-16)9-10-22(20)29-15-21(23)24(27)26-11-1-2-12-26/h4-9,14,17H,2-3,10-13,15-16H2,1H3;4-9,14,18H,2-3,10-13,15-17H2,1H3;3-8,13,17H,1-2,9-12,14-16H2;5-10,13,16H,1-4,11-12,14-15H2. The molecule has 8 aromatic carbocycles. The van der Waals surface area contributed by atoms with Gasteiger partial charge in [-0.2, -0.15) is 0 Å². The lowest BCUT2D eigenvalue weighted by Crippen LogP contribution is -2.48. The SMILES string of the molecule is CN1CCN(C(=O)C2=C(c3ccc(F)cc3)c3cc(OCC4CC4)ccc3OC2)CC1.CN1CCN(CC2=C(c3ccc(F)cc3)c3cc(OCC4CC4)ccc3OC2)CC1.Fc1ccc(C2=C(CN3CCOCC3)COc3ccc(OCC4CC4)cc32)cc1.O=C(C1=C(c2ccc(F)cc2)c2cc(OCC3CC3)ccc2OC1)N1CCCC1. The third-order valence-electron chi connectivity index (χ3n) is 24.2. The monoisotopic (exact) mass is 1620 g/mol. The van der Waals surface area contributed by atoms with Gasteiger partial charge in [-0.15, -0.1) is 0 Å². The Morgan fingerprint density at radius 3 is 0.950 bits per heavy atom. The highest BCUT2D eigenvalue weighted by molar-refractivity contribution is 6.07. The van der Waals surface area contributed by atoms with Crippen LogP contribution in [0.2, 0.25) is 0 Å². The van der Waals surface area contributed by atoms with Crippen LogP contribution in [0, 0.1) is 46.9 Å². The Hall–Kier alpha value is -10.4. The first kappa shape index (κ1) is 81.0. The molecule has 4 saturated carbocycles. The van der Waals surface area contributed by atoms with E-state index < -0.39 is 0 Å². The molecule has 17 nitrogen and oxygen atoms in total. The molecule has 4 saturated heterocycles. The summed E-state index contributed by atoms with van der Waals surface area (Å²) in [5.41, 5.74) is 15.0. The molecule has 8 heterocycles. The molecule has 2 amide bonds. The summed E-state index contributed by atoms with van der Waals surface area (Å²) in [5, 5.41) is 0. The van der Waals surface area contributed by atoms with Gasteiger partial charge in [0.15, 0.2) is 0 Å². The molecule has 0 N–H and O–H groups in total. The molecular weight excluding hydrogens is 1510 g/mol. The second-order valence-corrected chi connectivity index (χ2v) is 33.6. The first-order valence-electron chi connectivity index (χ1n) is 42.7. The van der Waals surface area contributed by atoms with Crippen molar-refractivity contribution >= 4 is 34.1 Å². The van der Waals surface area contributed by atoms with E-state index in [9.17, 15) is 27.2 Å². The summed E-state index contributed by atoms with van der Waals surface area (Å²) in [5.74, 6) is 8.12. The Morgan fingerprint density at radius 1 is 0.336 bits per heavy atom. The van der Waals surface area contributed by atoms with Gasteiger partial charge < -0.3 is 62.2 Å². The fourth-order valence-electron chi connectivity index (χ4n) is 16.3. The number of amides is 2. The predicted octanol–water partition coefficient (Wildman–Crippen LogP) is 16.2. The molecule has 12 aliphatic rings. The van der Waals surface area contributed by atoms with Crippen molar-refractivity contribution in [2.45, 2.75) is 64.2 Å². The van der Waals surface area contributed by atoms with Crippen LogP contribution in [0.3, 0.4) is 0 Å². The zero-order valence-electron chi connectivity index (χ0n) is 68.2. The second-order valence-electron chi connectivity index (χ2n) is 33.6. The zero-order valence-corrected chi connectivity index (χ0v) is 68.2. The Balaban J connectivity index is 0.000000113. The zero-order chi connectivity index (χ0) is 81.3. The summed E-state index contributed by atoms with van der Waals surface area (Å²) in [4.78, 5) is 40.0. The number of rotatable bonds is 22. The minimum absolute atomic E-state index is 0.0109. The highest BCUT2D eigenvalue weighted by Crippen LogP contribution is 2.46. The van der Waals surface area contributed by atoms with Gasteiger partial charge in [0.05, 0.1) is 50.8 Å². The molecule has 0 aromatic heterocycles. The van der Waals surface area contributed by atoms with E-state index in [1.54, 1.807) is 36.4 Å². The number of hydrogen-bond donors (Lipinski definition) is 0. The van der Waals surface area contributed by atoms with Crippen LogP contribution in [0.15, 0.2) is 192 Å². The molecule has 0 unspecified atom stereocenters. The van der Waals surface area contributed by atoms with E-state index in [0.717, 1.165) is 231 Å². The minimum Gasteiger partial charge on any atom is -0.493 e. The Bertz CT molecular complexity index is 5050. The largest absolute Gasteiger partial charge is 0.493 e. The van der Waals surface area contributed by atoms with Crippen LogP contribution in [0.4, 0.5) is 17.6 Å². The van der Waals surface area contributed by atoms with Crippen LogP contribution in [-0.4, -0.2) is 213 Å². The summed E-state index contributed by atoms with van der Waals surface area (Å²) in [6.45, 7) is 18.4. The molecule has 8 fully saturated rings. The van der Waals surface area contributed by atoms with Gasteiger partial charge >= 0.3 is 0 Å². The lowest BCUT2D eigenvalue weighted by atomic mass is 9.90. The smallest absolute Gasteiger partial charge is 0.253 e. The third kappa shape index (κ3) is 20.7. The third-order valence-corrected chi connectivity index (χ3v) is 24.2. The normalized spacial score (nSPS) is 19.3. The van der Waals surface area contributed by atoms with E-state index in [0.29, 0.717) is 73.5 Å². The van der Waals surface area contributed by atoms with Crippen LogP contribution >= 0.6 is 0 Å². The second kappa shape index (κ2) is 37.5. The fraction of sp³-hybridized carbons (Fsp3) is 0.408. The van der Waals surface area contributed by atoms with Gasteiger partial charge in [-0.25, -0.2) is 17.6 Å². The van der Waals surface area contributed by atoms with Crippen molar-refractivity contribution < 1.29 is 69.8 Å².